The van der Waals surface area contributed by atoms with Crippen molar-refractivity contribution in [3.05, 3.63) is 0 Å². The van der Waals surface area contributed by atoms with Gasteiger partial charge in [-0.2, -0.15) is 11.8 Å². The first kappa shape index (κ1) is 8.31. The predicted molar refractivity (Wildman–Crippen MR) is 40.0 cm³/mol. The fraction of sp³-hybridized carbons (Fsp3) is 1.00. The molecule has 0 radical (unpaired) electrons. The SMILES string of the molecule is CC(C)(C)SCC[NH3+]. The molecule has 3 N–H and O–H groups in total. The van der Waals surface area contributed by atoms with E-state index in [0.29, 0.717) is 4.75 Å². The summed E-state index contributed by atoms with van der Waals surface area (Å²) < 4.78 is 0.428. The molecule has 0 heterocycles. The molecule has 0 fully saturated rings. The Balaban J connectivity index is 3.11. The van der Waals surface area contributed by atoms with Gasteiger partial charge in [-0.15, -0.1) is 0 Å². The van der Waals surface area contributed by atoms with Crippen LogP contribution in [0, 0.1) is 0 Å². The topological polar surface area (TPSA) is 27.6 Å². The highest BCUT2D eigenvalue weighted by atomic mass is 32.2. The average Bonchev–Trinajstić information content (AvgIpc) is 1.59. The molecule has 0 unspecified atom stereocenters. The van der Waals surface area contributed by atoms with Gasteiger partial charge in [0, 0.05) is 10.5 Å². The summed E-state index contributed by atoms with van der Waals surface area (Å²) in [5.74, 6) is 1.18. The summed E-state index contributed by atoms with van der Waals surface area (Å²) in [6, 6.07) is 0. The third-order valence-electron chi connectivity index (χ3n) is 0.679. The highest BCUT2D eigenvalue weighted by Crippen LogP contribution is 2.21. The Morgan fingerprint density at radius 2 is 1.88 bits per heavy atom. The van der Waals surface area contributed by atoms with Crippen LogP contribution in [0.25, 0.3) is 0 Å². The van der Waals surface area contributed by atoms with Crippen molar-refractivity contribution in [2.45, 2.75) is 25.5 Å². The molecule has 1 nitrogen and oxygen atoms in total. The third kappa shape index (κ3) is 6.31. The lowest BCUT2D eigenvalue weighted by molar-refractivity contribution is -0.360. The van der Waals surface area contributed by atoms with Crippen molar-refractivity contribution < 1.29 is 5.73 Å². The minimum atomic E-state index is 0.428. The monoisotopic (exact) mass is 134 g/mol. The molecule has 0 spiro atoms. The van der Waals surface area contributed by atoms with Crippen LogP contribution in [0.5, 0.6) is 0 Å². The van der Waals surface area contributed by atoms with Gasteiger partial charge in [-0.1, -0.05) is 20.8 Å². The molecule has 0 aliphatic heterocycles. The van der Waals surface area contributed by atoms with Crippen molar-refractivity contribution in [1.29, 1.82) is 0 Å². The van der Waals surface area contributed by atoms with Crippen LogP contribution < -0.4 is 5.73 Å². The van der Waals surface area contributed by atoms with E-state index < -0.39 is 0 Å². The molecule has 0 saturated heterocycles. The van der Waals surface area contributed by atoms with E-state index in [1.165, 1.54) is 5.75 Å². The normalized spacial score (nSPS) is 12.0. The van der Waals surface area contributed by atoms with Crippen LogP contribution in [0.1, 0.15) is 20.8 Å². The van der Waals surface area contributed by atoms with Gasteiger partial charge in [0.2, 0.25) is 0 Å². The van der Waals surface area contributed by atoms with E-state index in [1.54, 1.807) is 0 Å². The van der Waals surface area contributed by atoms with E-state index in [1.807, 2.05) is 11.8 Å². The van der Waals surface area contributed by atoms with Crippen molar-refractivity contribution in [1.82, 2.24) is 0 Å². The molecule has 0 amide bonds. The second-order valence-electron chi connectivity index (χ2n) is 2.81. The Morgan fingerprint density at radius 3 is 2.00 bits per heavy atom. The van der Waals surface area contributed by atoms with Crippen LogP contribution in [-0.2, 0) is 0 Å². The number of quaternary nitrogens is 1. The van der Waals surface area contributed by atoms with Gasteiger partial charge in [0.1, 0.15) is 0 Å². The van der Waals surface area contributed by atoms with Gasteiger partial charge in [-0.25, -0.2) is 0 Å². The quantitative estimate of drug-likeness (QED) is 0.593. The lowest BCUT2D eigenvalue weighted by atomic mass is 10.3. The van der Waals surface area contributed by atoms with Gasteiger partial charge in [0.15, 0.2) is 0 Å². The first-order valence-corrected chi connectivity index (χ1v) is 3.98. The summed E-state index contributed by atoms with van der Waals surface area (Å²) in [5, 5.41) is 0. The molecule has 0 rings (SSSR count). The number of hydrogen-bond donors (Lipinski definition) is 1. The summed E-state index contributed by atoms with van der Waals surface area (Å²) >= 11 is 1.97. The molecule has 0 aromatic carbocycles. The molecule has 50 valence electrons. The van der Waals surface area contributed by atoms with Crippen LogP contribution >= 0.6 is 11.8 Å². The largest absolute Gasteiger partial charge is 0.357 e. The van der Waals surface area contributed by atoms with E-state index in [2.05, 4.69) is 26.5 Å². The van der Waals surface area contributed by atoms with E-state index in [4.69, 9.17) is 0 Å². The maximum absolute atomic E-state index is 3.77. The Hall–Kier alpha value is 0.310. The van der Waals surface area contributed by atoms with Gasteiger partial charge < -0.3 is 5.73 Å². The highest BCUT2D eigenvalue weighted by Gasteiger charge is 2.08. The summed E-state index contributed by atoms with van der Waals surface area (Å²) in [4.78, 5) is 0. The van der Waals surface area contributed by atoms with Gasteiger partial charge >= 0.3 is 0 Å². The lowest BCUT2D eigenvalue weighted by Gasteiger charge is -2.15. The summed E-state index contributed by atoms with van der Waals surface area (Å²) in [5.41, 5.74) is 3.77. The van der Waals surface area contributed by atoms with Crippen LogP contribution in [0.2, 0.25) is 0 Å². The zero-order valence-corrected chi connectivity index (χ0v) is 6.85. The second kappa shape index (κ2) is 3.36. The van der Waals surface area contributed by atoms with Crippen molar-refractivity contribution >= 4 is 11.8 Å². The number of hydrogen-bond acceptors (Lipinski definition) is 1. The average molecular weight is 134 g/mol. The standard InChI is InChI=1S/C6H15NS/c1-6(2,3)8-5-4-7/h4-5,7H2,1-3H3/p+1. The molecule has 8 heavy (non-hydrogen) atoms. The maximum Gasteiger partial charge on any atom is 0.0832 e. The first-order chi connectivity index (χ1) is 3.56. The molecular weight excluding hydrogens is 118 g/mol. The Morgan fingerprint density at radius 1 is 1.38 bits per heavy atom. The molecule has 0 saturated carbocycles. The minimum Gasteiger partial charge on any atom is -0.357 e. The molecule has 0 aromatic heterocycles. The molecule has 0 bridgehead atoms. The zero-order chi connectivity index (χ0) is 6.62. The van der Waals surface area contributed by atoms with Crippen molar-refractivity contribution in [2.24, 2.45) is 0 Å². The minimum absolute atomic E-state index is 0.428. The van der Waals surface area contributed by atoms with E-state index in [9.17, 15) is 0 Å². The van der Waals surface area contributed by atoms with Crippen LogP contribution in [-0.4, -0.2) is 17.0 Å². The predicted octanol–water partition coefficient (Wildman–Crippen LogP) is 0.760. The number of rotatable bonds is 2. The fourth-order valence-electron chi connectivity index (χ4n) is 0.378. The van der Waals surface area contributed by atoms with Crippen molar-refractivity contribution in [3.8, 4) is 0 Å². The zero-order valence-electron chi connectivity index (χ0n) is 6.03. The molecule has 0 aliphatic rings. The van der Waals surface area contributed by atoms with Gasteiger partial charge in [0.25, 0.3) is 0 Å². The summed E-state index contributed by atoms with van der Waals surface area (Å²) in [6.07, 6.45) is 0. The highest BCUT2D eigenvalue weighted by molar-refractivity contribution is 8.00. The maximum atomic E-state index is 3.77. The molecular formula is C6H16NS+. The molecule has 0 aliphatic carbocycles. The Labute approximate surface area is 56.0 Å². The summed E-state index contributed by atoms with van der Waals surface area (Å²) in [7, 11) is 0. The second-order valence-corrected chi connectivity index (χ2v) is 4.74. The van der Waals surface area contributed by atoms with Crippen molar-refractivity contribution in [2.75, 3.05) is 12.3 Å². The van der Waals surface area contributed by atoms with E-state index in [-0.39, 0.29) is 0 Å². The Kier molecular flexibility index (Phi) is 3.49. The van der Waals surface area contributed by atoms with Crippen molar-refractivity contribution in [3.63, 3.8) is 0 Å². The van der Waals surface area contributed by atoms with E-state index in [0.717, 1.165) is 6.54 Å². The smallest absolute Gasteiger partial charge is 0.0832 e. The Bertz CT molecular complexity index is 56.0. The van der Waals surface area contributed by atoms with Crippen LogP contribution in [0.15, 0.2) is 0 Å². The third-order valence-corrected chi connectivity index (χ3v) is 2.04. The van der Waals surface area contributed by atoms with Gasteiger partial charge in [-0.3, -0.25) is 0 Å². The first-order valence-electron chi connectivity index (χ1n) is 2.99. The van der Waals surface area contributed by atoms with Gasteiger partial charge in [0.05, 0.1) is 6.54 Å². The van der Waals surface area contributed by atoms with E-state index >= 15 is 0 Å². The molecule has 0 aromatic rings. The number of thioether (sulfide) groups is 1. The lowest BCUT2D eigenvalue weighted by Crippen LogP contribution is -2.51. The van der Waals surface area contributed by atoms with Crippen LogP contribution in [0.3, 0.4) is 0 Å². The summed E-state index contributed by atoms with van der Waals surface area (Å²) in [6.45, 7) is 7.73. The van der Waals surface area contributed by atoms with Gasteiger partial charge in [-0.05, 0) is 0 Å². The fourth-order valence-corrected chi connectivity index (χ4v) is 1.14. The molecule has 0 atom stereocenters. The molecule has 2 heteroatoms. The van der Waals surface area contributed by atoms with Crippen LogP contribution in [0.4, 0.5) is 0 Å².